The number of rotatable bonds is 4. The molecule has 6 heteroatoms. The van der Waals surface area contributed by atoms with Crippen molar-refractivity contribution in [3.05, 3.63) is 59.4 Å². The van der Waals surface area contributed by atoms with Crippen LogP contribution in [0.25, 0.3) is 0 Å². The summed E-state index contributed by atoms with van der Waals surface area (Å²) in [5.74, 6) is 0.276. The maximum Gasteiger partial charge on any atom is 0.321 e. The van der Waals surface area contributed by atoms with E-state index < -0.39 is 0 Å². The molecule has 1 saturated carbocycles. The van der Waals surface area contributed by atoms with Crippen LogP contribution >= 0.6 is 0 Å². The Kier molecular flexibility index (Phi) is 7.08. The van der Waals surface area contributed by atoms with Crippen molar-refractivity contribution in [1.29, 1.82) is 0 Å². The smallest absolute Gasteiger partial charge is 0.321 e. The molecule has 2 aliphatic rings. The average Bonchev–Trinajstić information content (AvgIpc) is 2.84. The highest BCUT2D eigenvalue weighted by molar-refractivity contribution is 5.95. The lowest BCUT2D eigenvalue weighted by atomic mass is 9.89. The Morgan fingerprint density at radius 1 is 0.969 bits per heavy atom. The summed E-state index contributed by atoms with van der Waals surface area (Å²) < 4.78 is 0. The van der Waals surface area contributed by atoms with Gasteiger partial charge in [0.1, 0.15) is 0 Å². The molecule has 1 saturated heterocycles. The second kappa shape index (κ2) is 10.2. The monoisotopic (exact) mass is 434 g/mol. The van der Waals surface area contributed by atoms with E-state index in [1.807, 2.05) is 66.2 Å². The van der Waals surface area contributed by atoms with Gasteiger partial charge in [0.25, 0.3) is 5.91 Å². The summed E-state index contributed by atoms with van der Waals surface area (Å²) >= 11 is 0. The molecule has 1 aliphatic carbocycles. The summed E-state index contributed by atoms with van der Waals surface area (Å²) in [7, 11) is 1.94. The maximum absolute atomic E-state index is 13.4. The summed E-state index contributed by atoms with van der Waals surface area (Å²) in [6.45, 7) is 3.29. The molecule has 6 nitrogen and oxygen atoms in total. The van der Waals surface area contributed by atoms with Gasteiger partial charge in [-0.05, 0) is 56.9 Å². The van der Waals surface area contributed by atoms with Crippen LogP contribution in [0.1, 0.15) is 72.6 Å². The zero-order valence-electron chi connectivity index (χ0n) is 19.2. The molecule has 2 heterocycles. The molecule has 0 radical (unpaired) electrons. The standard InChI is InChI=1S/C26H34N4O2/c1-19-13-14-23(25(31)29(2)22-11-7-4-8-12-22)24(27-19)20-15-17-30(18-16-20)26(32)28-21-9-5-3-6-10-21/h3,5-6,9-10,13-14,20,22H,4,7-8,11-12,15-18H2,1-2H3,(H,28,32). The van der Waals surface area contributed by atoms with Gasteiger partial charge < -0.3 is 15.1 Å². The minimum atomic E-state index is -0.0693. The Morgan fingerprint density at radius 2 is 1.66 bits per heavy atom. The Balaban J connectivity index is 1.43. The predicted molar refractivity (Wildman–Crippen MR) is 127 cm³/mol. The van der Waals surface area contributed by atoms with Crippen LogP contribution in [0.3, 0.4) is 0 Å². The fourth-order valence-corrected chi connectivity index (χ4v) is 4.97. The van der Waals surface area contributed by atoms with E-state index in [0.29, 0.717) is 19.1 Å². The van der Waals surface area contributed by atoms with Gasteiger partial charge in [-0.25, -0.2) is 4.79 Å². The molecule has 1 aromatic carbocycles. The van der Waals surface area contributed by atoms with Gasteiger partial charge in [0.05, 0.1) is 11.3 Å². The van der Waals surface area contributed by atoms with E-state index in [-0.39, 0.29) is 17.9 Å². The number of nitrogens with zero attached hydrogens (tertiary/aromatic N) is 3. The number of carbonyl (C=O) groups excluding carboxylic acids is 2. The zero-order chi connectivity index (χ0) is 22.5. The lowest BCUT2D eigenvalue weighted by molar-refractivity contribution is 0.0693. The van der Waals surface area contributed by atoms with Crippen LogP contribution in [0.4, 0.5) is 10.5 Å². The number of para-hydroxylation sites is 1. The Hall–Kier alpha value is -2.89. The zero-order valence-corrected chi connectivity index (χ0v) is 19.2. The molecule has 0 spiro atoms. The number of aryl methyl sites for hydroxylation is 1. The lowest BCUT2D eigenvalue weighted by Crippen LogP contribution is -2.41. The number of urea groups is 1. The van der Waals surface area contributed by atoms with Gasteiger partial charge in [0, 0.05) is 43.5 Å². The van der Waals surface area contributed by atoms with E-state index in [1.54, 1.807) is 0 Å². The van der Waals surface area contributed by atoms with Gasteiger partial charge in [-0.2, -0.15) is 0 Å². The van der Waals surface area contributed by atoms with Gasteiger partial charge in [-0.15, -0.1) is 0 Å². The van der Waals surface area contributed by atoms with E-state index >= 15 is 0 Å². The van der Waals surface area contributed by atoms with Crippen LogP contribution in [0.5, 0.6) is 0 Å². The molecule has 1 aliphatic heterocycles. The lowest BCUT2D eigenvalue weighted by Gasteiger charge is -2.34. The van der Waals surface area contributed by atoms with E-state index in [4.69, 9.17) is 4.98 Å². The minimum Gasteiger partial charge on any atom is -0.339 e. The van der Waals surface area contributed by atoms with E-state index in [0.717, 1.165) is 48.3 Å². The van der Waals surface area contributed by atoms with E-state index in [1.165, 1.54) is 19.3 Å². The first-order chi connectivity index (χ1) is 15.5. The van der Waals surface area contributed by atoms with Crippen LogP contribution in [0, 0.1) is 6.92 Å². The summed E-state index contributed by atoms with van der Waals surface area (Å²) in [6.07, 6.45) is 7.47. The van der Waals surface area contributed by atoms with E-state index in [2.05, 4.69) is 5.32 Å². The first-order valence-corrected chi connectivity index (χ1v) is 11.9. The molecular formula is C26H34N4O2. The Labute approximate surface area is 191 Å². The van der Waals surface area contributed by atoms with Crippen LogP contribution in [-0.2, 0) is 0 Å². The molecule has 0 atom stereocenters. The quantitative estimate of drug-likeness (QED) is 0.719. The van der Waals surface area contributed by atoms with Crippen molar-refractivity contribution in [3.8, 4) is 0 Å². The van der Waals surface area contributed by atoms with Gasteiger partial charge in [0.2, 0.25) is 0 Å². The molecule has 4 rings (SSSR count). The highest BCUT2D eigenvalue weighted by Crippen LogP contribution is 2.31. The molecule has 0 bridgehead atoms. The van der Waals surface area contributed by atoms with Crippen molar-refractivity contribution in [2.45, 2.75) is 63.8 Å². The topological polar surface area (TPSA) is 65.5 Å². The van der Waals surface area contributed by atoms with E-state index in [9.17, 15) is 9.59 Å². The third-order valence-electron chi connectivity index (χ3n) is 6.93. The number of nitrogens with one attached hydrogen (secondary N) is 1. The summed E-state index contributed by atoms with van der Waals surface area (Å²) in [4.78, 5) is 34.7. The van der Waals surface area contributed by atoms with Crippen LogP contribution in [0.15, 0.2) is 42.5 Å². The average molecular weight is 435 g/mol. The predicted octanol–water partition coefficient (Wildman–Crippen LogP) is 5.21. The van der Waals surface area contributed by atoms with Crippen LogP contribution in [0.2, 0.25) is 0 Å². The van der Waals surface area contributed by atoms with Gasteiger partial charge >= 0.3 is 6.03 Å². The third-order valence-corrected chi connectivity index (χ3v) is 6.93. The van der Waals surface area contributed by atoms with Crippen molar-refractivity contribution < 1.29 is 9.59 Å². The molecule has 3 amide bonds. The van der Waals surface area contributed by atoms with Crippen LogP contribution < -0.4 is 5.32 Å². The number of anilines is 1. The maximum atomic E-state index is 13.4. The summed E-state index contributed by atoms with van der Waals surface area (Å²) in [5.41, 5.74) is 3.37. The number of piperidine rings is 1. The number of carbonyl (C=O) groups is 2. The fourth-order valence-electron chi connectivity index (χ4n) is 4.97. The fraction of sp³-hybridized carbons (Fsp3) is 0.500. The first-order valence-electron chi connectivity index (χ1n) is 11.9. The normalized spacial score (nSPS) is 17.8. The highest BCUT2D eigenvalue weighted by atomic mass is 16.2. The van der Waals surface area contributed by atoms with Crippen LogP contribution in [-0.4, -0.2) is 52.9 Å². The molecule has 170 valence electrons. The number of hydrogen-bond donors (Lipinski definition) is 1. The molecule has 1 aromatic heterocycles. The minimum absolute atomic E-state index is 0.0693. The highest BCUT2D eigenvalue weighted by Gasteiger charge is 2.30. The Bertz CT molecular complexity index is 932. The Morgan fingerprint density at radius 3 is 2.34 bits per heavy atom. The second-order valence-electron chi connectivity index (χ2n) is 9.15. The van der Waals surface area contributed by atoms with Gasteiger partial charge in [-0.1, -0.05) is 37.5 Å². The molecule has 32 heavy (non-hydrogen) atoms. The molecule has 0 unspecified atom stereocenters. The van der Waals surface area contributed by atoms with Crippen molar-refractivity contribution in [3.63, 3.8) is 0 Å². The number of amides is 3. The first kappa shape index (κ1) is 22.3. The summed E-state index contributed by atoms with van der Waals surface area (Å²) in [6, 6.07) is 13.7. The van der Waals surface area contributed by atoms with Crippen molar-refractivity contribution in [2.24, 2.45) is 0 Å². The van der Waals surface area contributed by atoms with Crippen molar-refractivity contribution >= 4 is 17.6 Å². The molecule has 1 N–H and O–H groups in total. The number of likely N-dealkylation sites (tertiary alicyclic amines) is 1. The number of pyridine rings is 1. The SMILES string of the molecule is Cc1ccc(C(=O)N(C)C2CCCCC2)c(C2CCN(C(=O)Nc3ccccc3)CC2)n1. The number of benzene rings is 1. The number of aromatic nitrogens is 1. The molecular weight excluding hydrogens is 400 g/mol. The van der Waals surface area contributed by atoms with Gasteiger partial charge in [-0.3, -0.25) is 9.78 Å². The third kappa shape index (κ3) is 5.12. The largest absolute Gasteiger partial charge is 0.339 e. The second-order valence-corrected chi connectivity index (χ2v) is 9.15. The number of hydrogen-bond acceptors (Lipinski definition) is 3. The van der Waals surface area contributed by atoms with Gasteiger partial charge in [0.15, 0.2) is 0 Å². The molecule has 2 aromatic rings. The van der Waals surface area contributed by atoms with Crippen molar-refractivity contribution in [1.82, 2.24) is 14.8 Å². The van der Waals surface area contributed by atoms with Crippen molar-refractivity contribution in [2.75, 3.05) is 25.5 Å². The molecule has 2 fully saturated rings. The summed E-state index contributed by atoms with van der Waals surface area (Å²) in [5, 5.41) is 2.97.